The Morgan fingerprint density at radius 2 is 2.18 bits per heavy atom. The molecule has 0 radical (unpaired) electrons. The van der Waals surface area contributed by atoms with E-state index in [0.29, 0.717) is 17.2 Å². The molecule has 0 spiro atoms. The van der Waals surface area contributed by atoms with Gasteiger partial charge in [0, 0.05) is 6.07 Å². The molecule has 1 aromatic carbocycles. The molecule has 0 saturated carbocycles. The first-order valence-corrected chi connectivity index (χ1v) is 5.08. The van der Waals surface area contributed by atoms with Crippen LogP contribution >= 0.6 is 0 Å². The van der Waals surface area contributed by atoms with Gasteiger partial charge in [-0.1, -0.05) is 17.3 Å². The molecule has 5 nitrogen and oxygen atoms in total. The Bertz CT molecular complexity index is 534. The van der Waals surface area contributed by atoms with Gasteiger partial charge in [-0.3, -0.25) is 4.79 Å². The molecule has 0 fully saturated rings. The number of ether oxygens (including phenoxy) is 1. The average molecular weight is 232 g/mol. The van der Waals surface area contributed by atoms with E-state index in [9.17, 15) is 4.79 Å². The highest BCUT2D eigenvalue weighted by molar-refractivity contribution is 6.03. The molecule has 0 atom stereocenters. The molecule has 17 heavy (non-hydrogen) atoms. The van der Waals surface area contributed by atoms with E-state index >= 15 is 0 Å². The number of para-hydroxylation sites is 2. The van der Waals surface area contributed by atoms with Crippen molar-refractivity contribution in [3.63, 3.8) is 0 Å². The lowest BCUT2D eigenvalue weighted by molar-refractivity contribution is 0.101. The maximum atomic E-state index is 11.8. The Balaban J connectivity index is 2.18. The molecule has 2 aromatic rings. The fourth-order valence-corrected chi connectivity index (χ4v) is 1.41. The highest BCUT2D eigenvalue weighted by Crippen LogP contribution is 2.23. The van der Waals surface area contributed by atoms with Crippen LogP contribution in [0.1, 0.15) is 16.2 Å². The van der Waals surface area contributed by atoms with Crippen LogP contribution in [0, 0.1) is 6.92 Å². The second kappa shape index (κ2) is 4.69. The van der Waals surface area contributed by atoms with E-state index < -0.39 is 0 Å². The van der Waals surface area contributed by atoms with E-state index in [4.69, 9.17) is 9.26 Å². The first-order chi connectivity index (χ1) is 8.20. The molecule has 88 valence electrons. The van der Waals surface area contributed by atoms with E-state index in [0.717, 1.165) is 0 Å². The van der Waals surface area contributed by atoms with Gasteiger partial charge in [-0.05, 0) is 19.1 Å². The molecule has 0 aliphatic rings. The molecule has 0 unspecified atom stereocenters. The summed E-state index contributed by atoms with van der Waals surface area (Å²) in [5.41, 5.74) is 0.842. The van der Waals surface area contributed by atoms with Gasteiger partial charge in [0.2, 0.25) is 0 Å². The van der Waals surface area contributed by atoms with Crippen LogP contribution in [0.3, 0.4) is 0 Å². The van der Waals surface area contributed by atoms with Crippen molar-refractivity contribution in [3.05, 3.63) is 41.8 Å². The first-order valence-electron chi connectivity index (χ1n) is 5.08. The van der Waals surface area contributed by atoms with Crippen LogP contribution in [-0.4, -0.2) is 18.2 Å². The number of carbonyl (C=O) groups is 1. The van der Waals surface area contributed by atoms with Crippen molar-refractivity contribution in [3.8, 4) is 5.75 Å². The van der Waals surface area contributed by atoms with Crippen LogP contribution in [0.25, 0.3) is 0 Å². The zero-order valence-electron chi connectivity index (χ0n) is 9.56. The molecule has 1 N–H and O–H groups in total. The van der Waals surface area contributed by atoms with Gasteiger partial charge in [-0.2, -0.15) is 0 Å². The molecular formula is C12H12N2O3. The number of aromatic nitrogens is 1. The minimum absolute atomic E-state index is 0.244. The monoisotopic (exact) mass is 232 g/mol. The highest BCUT2D eigenvalue weighted by Gasteiger charge is 2.12. The van der Waals surface area contributed by atoms with Gasteiger partial charge in [-0.15, -0.1) is 0 Å². The van der Waals surface area contributed by atoms with Gasteiger partial charge < -0.3 is 14.6 Å². The third-order valence-electron chi connectivity index (χ3n) is 2.22. The number of amides is 1. The lowest BCUT2D eigenvalue weighted by atomic mass is 10.2. The summed E-state index contributed by atoms with van der Waals surface area (Å²) in [5.74, 6) is 0.864. The number of aryl methyl sites for hydroxylation is 1. The molecule has 0 aliphatic heterocycles. The molecule has 5 heteroatoms. The summed E-state index contributed by atoms with van der Waals surface area (Å²) >= 11 is 0. The van der Waals surface area contributed by atoms with Gasteiger partial charge >= 0.3 is 0 Å². The first kappa shape index (κ1) is 11.2. The normalized spacial score (nSPS) is 10.0. The summed E-state index contributed by atoms with van der Waals surface area (Å²) in [6.45, 7) is 1.73. The molecule has 1 heterocycles. The number of benzene rings is 1. The maximum Gasteiger partial charge on any atom is 0.277 e. The smallest absolute Gasteiger partial charge is 0.277 e. The van der Waals surface area contributed by atoms with Crippen molar-refractivity contribution < 1.29 is 14.1 Å². The fraction of sp³-hybridized carbons (Fsp3) is 0.167. The van der Waals surface area contributed by atoms with Crippen molar-refractivity contribution in [2.75, 3.05) is 12.4 Å². The number of nitrogens with zero attached hydrogens (tertiary/aromatic N) is 1. The van der Waals surface area contributed by atoms with Gasteiger partial charge in [0.05, 0.1) is 12.8 Å². The van der Waals surface area contributed by atoms with Gasteiger partial charge in [0.1, 0.15) is 11.5 Å². The zero-order chi connectivity index (χ0) is 12.3. The lowest BCUT2D eigenvalue weighted by Gasteiger charge is -2.07. The second-order valence-corrected chi connectivity index (χ2v) is 3.48. The van der Waals surface area contributed by atoms with Crippen LogP contribution in [0.15, 0.2) is 34.9 Å². The SMILES string of the molecule is COc1ccccc1NC(=O)c1cc(C)on1. The second-order valence-electron chi connectivity index (χ2n) is 3.48. The molecule has 2 rings (SSSR count). The quantitative estimate of drug-likeness (QED) is 0.881. The number of hydrogen-bond acceptors (Lipinski definition) is 4. The van der Waals surface area contributed by atoms with Gasteiger partial charge in [-0.25, -0.2) is 0 Å². The van der Waals surface area contributed by atoms with Gasteiger partial charge in [0.25, 0.3) is 5.91 Å². The van der Waals surface area contributed by atoms with Gasteiger partial charge in [0.15, 0.2) is 5.69 Å². The Morgan fingerprint density at radius 3 is 2.82 bits per heavy atom. The molecule has 0 bridgehead atoms. The Morgan fingerprint density at radius 1 is 1.41 bits per heavy atom. The summed E-state index contributed by atoms with van der Waals surface area (Å²) in [5, 5.41) is 6.34. The average Bonchev–Trinajstić information content (AvgIpc) is 2.77. The number of rotatable bonds is 3. The Kier molecular flexibility index (Phi) is 3.09. The van der Waals surface area contributed by atoms with E-state index in [-0.39, 0.29) is 11.6 Å². The summed E-state index contributed by atoms with van der Waals surface area (Å²) in [6.07, 6.45) is 0. The van der Waals surface area contributed by atoms with E-state index in [1.54, 1.807) is 32.2 Å². The molecular weight excluding hydrogens is 220 g/mol. The van der Waals surface area contributed by atoms with Crippen LogP contribution < -0.4 is 10.1 Å². The largest absolute Gasteiger partial charge is 0.495 e. The highest BCUT2D eigenvalue weighted by atomic mass is 16.5. The van der Waals surface area contributed by atoms with Crippen LogP contribution in [0.2, 0.25) is 0 Å². The third-order valence-corrected chi connectivity index (χ3v) is 2.22. The fourth-order valence-electron chi connectivity index (χ4n) is 1.41. The van der Waals surface area contributed by atoms with E-state index in [1.807, 2.05) is 12.1 Å². The predicted octanol–water partition coefficient (Wildman–Crippen LogP) is 2.24. The van der Waals surface area contributed by atoms with Crippen molar-refractivity contribution in [2.24, 2.45) is 0 Å². The standard InChI is InChI=1S/C12H12N2O3/c1-8-7-10(14-17-8)12(15)13-9-5-3-4-6-11(9)16-2/h3-7H,1-2H3,(H,13,15). The van der Waals surface area contributed by atoms with Crippen molar-refractivity contribution >= 4 is 11.6 Å². The molecule has 0 aliphatic carbocycles. The summed E-state index contributed by atoms with van der Waals surface area (Å²) in [7, 11) is 1.55. The third kappa shape index (κ3) is 2.44. The van der Waals surface area contributed by atoms with E-state index in [2.05, 4.69) is 10.5 Å². The summed E-state index contributed by atoms with van der Waals surface area (Å²) < 4.78 is 9.97. The zero-order valence-corrected chi connectivity index (χ0v) is 9.56. The van der Waals surface area contributed by atoms with Crippen molar-refractivity contribution in [1.82, 2.24) is 5.16 Å². The molecule has 1 amide bonds. The maximum absolute atomic E-state index is 11.8. The Hall–Kier alpha value is -2.30. The van der Waals surface area contributed by atoms with Crippen molar-refractivity contribution in [1.29, 1.82) is 0 Å². The minimum atomic E-state index is -0.327. The van der Waals surface area contributed by atoms with Crippen molar-refractivity contribution in [2.45, 2.75) is 6.92 Å². The number of nitrogens with one attached hydrogen (secondary N) is 1. The number of carbonyl (C=O) groups excluding carboxylic acids is 1. The molecule has 0 saturated heterocycles. The van der Waals surface area contributed by atoms with Crippen LogP contribution in [0.4, 0.5) is 5.69 Å². The number of methoxy groups -OCH3 is 1. The lowest BCUT2D eigenvalue weighted by Crippen LogP contribution is -2.12. The number of anilines is 1. The van der Waals surface area contributed by atoms with E-state index in [1.165, 1.54) is 0 Å². The minimum Gasteiger partial charge on any atom is -0.495 e. The summed E-state index contributed by atoms with van der Waals surface area (Å²) in [4.78, 5) is 11.8. The van der Waals surface area contributed by atoms with Crippen LogP contribution in [0.5, 0.6) is 5.75 Å². The van der Waals surface area contributed by atoms with Crippen LogP contribution in [-0.2, 0) is 0 Å². The summed E-state index contributed by atoms with van der Waals surface area (Å²) in [6, 6.07) is 8.74. The molecule has 1 aromatic heterocycles. The Labute approximate surface area is 98.4 Å². The number of hydrogen-bond donors (Lipinski definition) is 1. The topological polar surface area (TPSA) is 64.4 Å². The predicted molar refractivity (Wildman–Crippen MR) is 62.2 cm³/mol.